The van der Waals surface area contributed by atoms with E-state index in [1.165, 1.54) is 0 Å². The van der Waals surface area contributed by atoms with Gasteiger partial charge in [-0.15, -0.1) is 0 Å². The molecule has 3 nitrogen and oxygen atoms in total. The maximum Gasteiger partial charge on any atom is 0.254 e. The fraction of sp³-hybridized carbons (Fsp3) is 0.417. The lowest BCUT2D eigenvalue weighted by molar-refractivity contribution is 0.0677. The van der Waals surface area contributed by atoms with E-state index in [0.717, 1.165) is 23.0 Å². The molecule has 4 heteroatoms. The summed E-state index contributed by atoms with van der Waals surface area (Å²) >= 11 is 2.20. The second kappa shape index (κ2) is 5.14. The van der Waals surface area contributed by atoms with Crippen molar-refractivity contribution < 1.29 is 9.90 Å². The van der Waals surface area contributed by atoms with Crippen molar-refractivity contribution in [3.63, 3.8) is 0 Å². The van der Waals surface area contributed by atoms with Crippen LogP contribution in [-0.2, 0) is 0 Å². The Bertz CT molecular complexity index is 394. The van der Waals surface area contributed by atoms with Gasteiger partial charge < -0.3 is 10.0 Å². The van der Waals surface area contributed by atoms with Crippen LogP contribution < -0.4 is 0 Å². The Morgan fingerprint density at radius 2 is 2.38 bits per heavy atom. The molecule has 1 fully saturated rings. The molecule has 1 aromatic rings. The molecular weight excluding hydrogens is 317 g/mol. The highest BCUT2D eigenvalue weighted by atomic mass is 127. The van der Waals surface area contributed by atoms with Gasteiger partial charge in [0, 0.05) is 15.7 Å². The van der Waals surface area contributed by atoms with Crippen LogP contribution in [0.5, 0.6) is 0 Å². The normalized spacial score (nSPS) is 20.1. The van der Waals surface area contributed by atoms with Gasteiger partial charge in [-0.3, -0.25) is 4.79 Å². The molecule has 1 amide bonds. The summed E-state index contributed by atoms with van der Waals surface area (Å²) in [6.07, 6.45) is 1.90. The average molecular weight is 331 g/mol. The third-order valence-corrected chi connectivity index (χ3v) is 3.59. The monoisotopic (exact) mass is 331 g/mol. The van der Waals surface area contributed by atoms with E-state index in [9.17, 15) is 9.90 Å². The molecule has 1 heterocycles. The molecule has 1 N–H and O–H groups in total. The number of nitrogens with zero attached hydrogens (tertiary/aromatic N) is 1. The molecule has 0 radical (unpaired) electrons. The molecule has 1 saturated heterocycles. The molecule has 86 valence electrons. The molecule has 0 unspecified atom stereocenters. The van der Waals surface area contributed by atoms with Gasteiger partial charge in [-0.05, 0) is 53.6 Å². The molecule has 16 heavy (non-hydrogen) atoms. The van der Waals surface area contributed by atoms with Crippen molar-refractivity contribution in [1.82, 2.24) is 4.90 Å². The Labute approximate surface area is 109 Å². The lowest BCUT2D eigenvalue weighted by atomic mass is 10.2. The maximum atomic E-state index is 12.2. The highest BCUT2D eigenvalue weighted by molar-refractivity contribution is 14.1. The smallest absolute Gasteiger partial charge is 0.254 e. The molecule has 0 aliphatic carbocycles. The van der Waals surface area contributed by atoms with Gasteiger partial charge >= 0.3 is 0 Å². The average Bonchev–Trinajstić information content (AvgIpc) is 2.76. The Morgan fingerprint density at radius 1 is 1.56 bits per heavy atom. The lowest BCUT2D eigenvalue weighted by Crippen LogP contribution is -2.37. The predicted molar refractivity (Wildman–Crippen MR) is 70.3 cm³/mol. The van der Waals surface area contributed by atoms with Crippen LogP contribution in [0.15, 0.2) is 24.3 Å². The van der Waals surface area contributed by atoms with Gasteiger partial charge in [0.2, 0.25) is 0 Å². The van der Waals surface area contributed by atoms with E-state index in [4.69, 9.17) is 0 Å². The Balaban J connectivity index is 2.18. The molecule has 0 saturated carbocycles. The first-order valence-electron chi connectivity index (χ1n) is 5.40. The fourth-order valence-corrected chi connectivity index (χ4v) is 2.62. The molecule has 1 aromatic carbocycles. The number of likely N-dealkylation sites (tertiary alicyclic amines) is 1. The van der Waals surface area contributed by atoms with Crippen LogP contribution in [0, 0.1) is 3.57 Å². The van der Waals surface area contributed by atoms with Gasteiger partial charge in [-0.2, -0.15) is 0 Å². The van der Waals surface area contributed by atoms with Crippen molar-refractivity contribution in [2.24, 2.45) is 0 Å². The summed E-state index contributed by atoms with van der Waals surface area (Å²) in [4.78, 5) is 14.0. The van der Waals surface area contributed by atoms with Crippen molar-refractivity contribution in [3.8, 4) is 0 Å². The van der Waals surface area contributed by atoms with E-state index < -0.39 is 0 Å². The van der Waals surface area contributed by atoms with Gasteiger partial charge in [0.15, 0.2) is 0 Å². The number of hydrogen-bond acceptors (Lipinski definition) is 2. The predicted octanol–water partition coefficient (Wildman–Crippen LogP) is 1.89. The maximum absolute atomic E-state index is 12.2. The number of amides is 1. The molecule has 1 aliphatic rings. The second-order valence-corrected chi connectivity index (χ2v) is 5.23. The van der Waals surface area contributed by atoms with Crippen LogP contribution in [0.2, 0.25) is 0 Å². The topological polar surface area (TPSA) is 40.5 Å². The lowest BCUT2D eigenvalue weighted by Gasteiger charge is -2.23. The van der Waals surface area contributed by atoms with Gasteiger partial charge in [-0.25, -0.2) is 0 Å². The number of rotatable bonds is 2. The molecule has 0 aromatic heterocycles. The first-order valence-corrected chi connectivity index (χ1v) is 6.47. The van der Waals surface area contributed by atoms with Gasteiger partial charge in [0.25, 0.3) is 5.91 Å². The largest absolute Gasteiger partial charge is 0.394 e. The van der Waals surface area contributed by atoms with Crippen LogP contribution in [0.3, 0.4) is 0 Å². The number of aliphatic hydroxyl groups excluding tert-OH is 1. The molecule has 0 spiro atoms. The van der Waals surface area contributed by atoms with Crippen LogP contribution in [0.25, 0.3) is 0 Å². The van der Waals surface area contributed by atoms with Crippen molar-refractivity contribution in [3.05, 3.63) is 33.4 Å². The summed E-state index contributed by atoms with van der Waals surface area (Å²) in [5.74, 6) is 0.0371. The van der Waals surface area contributed by atoms with E-state index >= 15 is 0 Å². The molecule has 1 atom stereocenters. The Morgan fingerprint density at radius 3 is 3.06 bits per heavy atom. The van der Waals surface area contributed by atoms with Crippen LogP contribution in [-0.4, -0.2) is 35.1 Å². The van der Waals surface area contributed by atoms with Crippen LogP contribution >= 0.6 is 22.6 Å². The third-order valence-electron chi connectivity index (χ3n) is 2.92. The highest BCUT2D eigenvalue weighted by Gasteiger charge is 2.28. The number of carbonyl (C=O) groups is 1. The number of carbonyl (C=O) groups excluding carboxylic acids is 1. The second-order valence-electron chi connectivity index (χ2n) is 3.99. The summed E-state index contributed by atoms with van der Waals surface area (Å²) in [5.41, 5.74) is 0.715. The minimum Gasteiger partial charge on any atom is -0.394 e. The zero-order chi connectivity index (χ0) is 11.5. The first-order chi connectivity index (χ1) is 7.72. The summed E-state index contributed by atoms with van der Waals surface area (Å²) in [7, 11) is 0. The van der Waals surface area contributed by atoms with Crippen molar-refractivity contribution in [2.75, 3.05) is 13.2 Å². The Kier molecular flexibility index (Phi) is 3.81. The minimum atomic E-state index is 0.00497. The van der Waals surface area contributed by atoms with Crippen LogP contribution in [0.1, 0.15) is 23.2 Å². The number of halogens is 1. The van der Waals surface area contributed by atoms with Gasteiger partial charge in [0.1, 0.15) is 0 Å². The van der Waals surface area contributed by atoms with E-state index in [1.807, 2.05) is 24.3 Å². The number of aliphatic hydroxyl groups is 1. The summed E-state index contributed by atoms with van der Waals surface area (Å²) in [6.45, 7) is 0.825. The number of benzene rings is 1. The summed E-state index contributed by atoms with van der Waals surface area (Å²) < 4.78 is 1.06. The quantitative estimate of drug-likeness (QED) is 0.841. The fourth-order valence-electron chi connectivity index (χ4n) is 2.08. The van der Waals surface area contributed by atoms with E-state index in [1.54, 1.807) is 4.90 Å². The van der Waals surface area contributed by atoms with E-state index in [0.29, 0.717) is 5.56 Å². The third kappa shape index (κ3) is 2.38. The molecule has 2 rings (SSSR count). The number of hydrogen-bond donors (Lipinski definition) is 1. The summed E-state index contributed by atoms with van der Waals surface area (Å²) in [5, 5.41) is 9.19. The first kappa shape index (κ1) is 11.9. The minimum absolute atomic E-state index is 0.00497. The van der Waals surface area contributed by atoms with Gasteiger partial charge in [-0.1, -0.05) is 6.07 Å². The van der Waals surface area contributed by atoms with Gasteiger partial charge in [0.05, 0.1) is 12.6 Å². The standard InChI is InChI=1S/C12H14INO2/c13-10-4-1-3-9(7-10)12(16)14-6-2-5-11(14)8-15/h1,3-4,7,11,15H,2,5-6,8H2/t11-/m1/s1. The zero-order valence-corrected chi connectivity index (χ0v) is 11.1. The zero-order valence-electron chi connectivity index (χ0n) is 8.90. The SMILES string of the molecule is O=C(c1cccc(I)c1)N1CCC[C@@H]1CO. The van der Waals surface area contributed by atoms with Crippen molar-refractivity contribution in [1.29, 1.82) is 0 Å². The molecular formula is C12H14INO2. The summed E-state index contributed by atoms with van der Waals surface area (Å²) in [6, 6.07) is 7.57. The van der Waals surface area contributed by atoms with E-state index in [-0.39, 0.29) is 18.6 Å². The molecule has 1 aliphatic heterocycles. The van der Waals surface area contributed by atoms with Crippen LogP contribution in [0.4, 0.5) is 0 Å². The van der Waals surface area contributed by atoms with E-state index in [2.05, 4.69) is 22.6 Å². The van der Waals surface area contributed by atoms with Crippen molar-refractivity contribution >= 4 is 28.5 Å². The highest BCUT2D eigenvalue weighted by Crippen LogP contribution is 2.20. The Hall–Kier alpha value is -0.620. The molecule has 0 bridgehead atoms. The van der Waals surface area contributed by atoms with Crippen molar-refractivity contribution in [2.45, 2.75) is 18.9 Å².